The predicted octanol–water partition coefficient (Wildman–Crippen LogP) is 13.3. The van der Waals surface area contributed by atoms with Crippen molar-refractivity contribution in [2.24, 2.45) is 0 Å². The van der Waals surface area contributed by atoms with E-state index in [2.05, 4.69) is 192 Å². The van der Waals surface area contributed by atoms with Gasteiger partial charge < -0.3 is 9.38 Å². The van der Waals surface area contributed by atoms with E-state index in [1.54, 1.807) is 0 Å². The Morgan fingerprint density at radius 3 is 2.05 bits per heavy atom. The standard InChI is InChI=1S/C53H45BN2S/c1-51(2,3)30-17-20-32(21-18-30)56-44-24-19-31(52(4,5)6)25-38(44)35-22-23-36-39-26-37-33-13-9-11-15-41(33)53(7,8)42(37)28-45(39)55-46-29-48-40(34-14-10-12-16-47(34)57-48)27-43(46)54(56)49(35)50(36)55/h9-29H,1-8H3. The van der Waals surface area contributed by atoms with Gasteiger partial charge in [-0.25, -0.2) is 0 Å². The highest BCUT2D eigenvalue weighted by molar-refractivity contribution is 7.25. The normalized spacial score (nSPS) is 15.1. The summed E-state index contributed by atoms with van der Waals surface area (Å²) in [5.41, 5.74) is 20.1. The first-order chi connectivity index (χ1) is 27.3. The maximum atomic E-state index is 2.68. The number of benzene rings is 7. The van der Waals surface area contributed by atoms with E-state index < -0.39 is 0 Å². The molecule has 0 unspecified atom stereocenters. The van der Waals surface area contributed by atoms with Gasteiger partial charge in [0.15, 0.2) is 0 Å². The number of anilines is 2. The maximum Gasteiger partial charge on any atom is 0.333 e. The highest BCUT2D eigenvalue weighted by atomic mass is 32.1. The summed E-state index contributed by atoms with van der Waals surface area (Å²) >= 11 is 1.92. The van der Waals surface area contributed by atoms with E-state index in [9.17, 15) is 0 Å². The van der Waals surface area contributed by atoms with Gasteiger partial charge in [-0.1, -0.05) is 134 Å². The van der Waals surface area contributed by atoms with Crippen LogP contribution in [0, 0.1) is 0 Å². The summed E-state index contributed by atoms with van der Waals surface area (Å²) in [4.78, 5) is 2.68. The molecule has 2 aliphatic heterocycles. The Balaban J connectivity index is 1.25. The minimum absolute atomic E-state index is 0.0170. The second-order valence-electron chi connectivity index (χ2n) is 19.4. The topological polar surface area (TPSA) is 8.17 Å². The molecular weight excluding hydrogens is 707 g/mol. The Hall–Kier alpha value is -5.58. The van der Waals surface area contributed by atoms with Crippen molar-refractivity contribution in [2.45, 2.75) is 71.6 Å². The summed E-state index contributed by atoms with van der Waals surface area (Å²) < 4.78 is 5.34. The third-order valence-electron chi connectivity index (χ3n) is 13.7. The Labute approximate surface area is 339 Å². The summed E-state index contributed by atoms with van der Waals surface area (Å²) in [6, 6.07) is 49.8. The van der Waals surface area contributed by atoms with Crippen LogP contribution in [-0.4, -0.2) is 11.4 Å². The molecule has 0 N–H and O–H groups in total. The molecule has 3 aliphatic rings. The van der Waals surface area contributed by atoms with Crippen LogP contribution in [0.5, 0.6) is 0 Å². The fourth-order valence-electron chi connectivity index (χ4n) is 10.7. The summed E-state index contributed by atoms with van der Waals surface area (Å²) in [5, 5.41) is 5.35. The van der Waals surface area contributed by atoms with Crippen molar-refractivity contribution in [3.05, 3.63) is 150 Å². The first kappa shape index (κ1) is 33.6. The largest absolute Gasteiger partial charge is 0.376 e. The molecule has 0 radical (unpaired) electrons. The molecule has 0 saturated heterocycles. The molecule has 1 aliphatic carbocycles. The van der Waals surface area contributed by atoms with Gasteiger partial charge in [0.25, 0.3) is 0 Å². The SMILES string of the molecule is CC(C)(C)c1ccc(N2B3c4cc5c(cc4-n4c6cc7c(cc6c6ccc(c3c64)-c3cc(C(C)(C)C)ccc32)-c2ccccc2C7(C)C)sc2ccccc25)cc1. The van der Waals surface area contributed by atoms with E-state index >= 15 is 0 Å². The third-order valence-corrected chi connectivity index (χ3v) is 14.8. The second kappa shape index (κ2) is 10.9. The molecule has 4 heteroatoms. The van der Waals surface area contributed by atoms with E-state index in [0.29, 0.717) is 0 Å². The Morgan fingerprint density at radius 1 is 0.526 bits per heavy atom. The number of rotatable bonds is 1. The van der Waals surface area contributed by atoms with Crippen LogP contribution < -0.4 is 15.7 Å². The highest BCUT2D eigenvalue weighted by Crippen LogP contribution is 2.53. The lowest BCUT2D eigenvalue weighted by molar-refractivity contribution is 0.590. The number of fused-ring (bicyclic) bond motifs is 14. The van der Waals surface area contributed by atoms with E-state index in [1.807, 2.05) is 11.3 Å². The zero-order valence-corrected chi connectivity index (χ0v) is 34.8. The van der Waals surface area contributed by atoms with Gasteiger partial charge in [-0.3, -0.25) is 0 Å². The van der Waals surface area contributed by atoms with Crippen LogP contribution in [0.25, 0.3) is 69.9 Å². The molecule has 0 spiro atoms. The van der Waals surface area contributed by atoms with Gasteiger partial charge in [0.2, 0.25) is 0 Å². The van der Waals surface area contributed by atoms with Crippen LogP contribution in [0.15, 0.2) is 127 Å². The van der Waals surface area contributed by atoms with Gasteiger partial charge in [0, 0.05) is 59.0 Å². The number of thiophene rings is 1. The Kier molecular flexibility index (Phi) is 6.40. The van der Waals surface area contributed by atoms with Gasteiger partial charge >= 0.3 is 6.85 Å². The van der Waals surface area contributed by atoms with Gasteiger partial charge in [0.05, 0.1) is 11.0 Å². The predicted molar refractivity (Wildman–Crippen MR) is 248 cm³/mol. The highest BCUT2D eigenvalue weighted by Gasteiger charge is 2.45. The van der Waals surface area contributed by atoms with Crippen molar-refractivity contribution < 1.29 is 0 Å². The summed E-state index contributed by atoms with van der Waals surface area (Å²) in [7, 11) is 0. The van der Waals surface area contributed by atoms with Crippen LogP contribution >= 0.6 is 11.3 Å². The molecule has 2 aromatic heterocycles. The molecule has 9 aromatic rings. The number of hydrogen-bond acceptors (Lipinski definition) is 2. The molecule has 0 saturated carbocycles. The van der Waals surface area contributed by atoms with Gasteiger partial charge in [-0.15, -0.1) is 11.3 Å². The lowest BCUT2D eigenvalue weighted by Gasteiger charge is -2.42. The minimum Gasteiger partial charge on any atom is -0.376 e. The number of hydrogen-bond donors (Lipinski definition) is 0. The van der Waals surface area contributed by atoms with Crippen LogP contribution in [-0.2, 0) is 16.2 Å². The number of aromatic nitrogens is 1. The fraction of sp³-hybridized carbons (Fsp3) is 0.208. The Bertz CT molecular complexity index is 3230. The molecule has 2 nitrogen and oxygen atoms in total. The lowest BCUT2D eigenvalue weighted by atomic mass is 9.44. The van der Waals surface area contributed by atoms with Crippen molar-refractivity contribution in [1.82, 2.24) is 4.57 Å². The molecule has 276 valence electrons. The lowest BCUT2D eigenvalue weighted by Crippen LogP contribution is -2.60. The first-order valence-corrected chi connectivity index (χ1v) is 21.4. The quantitative estimate of drug-likeness (QED) is 0.152. The summed E-state index contributed by atoms with van der Waals surface area (Å²) in [5.74, 6) is 0. The zero-order chi connectivity index (χ0) is 38.9. The van der Waals surface area contributed by atoms with Crippen molar-refractivity contribution in [1.29, 1.82) is 0 Å². The molecular formula is C53H45BN2S. The van der Waals surface area contributed by atoms with E-state index in [1.165, 1.54) is 114 Å². The minimum atomic E-state index is -0.0932. The molecule has 0 bridgehead atoms. The van der Waals surface area contributed by atoms with Crippen molar-refractivity contribution in [3.63, 3.8) is 0 Å². The Morgan fingerprint density at radius 2 is 1.26 bits per heavy atom. The third kappa shape index (κ3) is 4.37. The molecule has 7 aromatic carbocycles. The maximum absolute atomic E-state index is 2.68. The molecule has 0 amide bonds. The summed E-state index contributed by atoms with van der Waals surface area (Å²) in [6.45, 7) is 18.7. The first-order valence-electron chi connectivity index (χ1n) is 20.5. The average molecular weight is 753 g/mol. The average Bonchev–Trinajstić information content (AvgIpc) is 3.80. The van der Waals surface area contributed by atoms with Crippen LogP contribution in [0.1, 0.15) is 77.6 Å². The van der Waals surface area contributed by atoms with Crippen molar-refractivity contribution in [3.8, 4) is 27.9 Å². The van der Waals surface area contributed by atoms with Crippen molar-refractivity contribution >= 4 is 82.5 Å². The van der Waals surface area contributed by atoms with E-state index in [0.717, 1.165) is 0 Å². The van der Waals surface area contributed by atoms with E-state index in [-0.39, 0.29) is 23.1 Å². The molecule has 57 heavy (non-hydrogen) atoms. The summed E-state index contributed by atoms with van der Waals surface area (Å²) in [6.07, 6.45) is 0. The van der Waals surface area contributed by atoms with Gasteiger partial charge in [-0.05, 0) is 109 Å². The smallest absolute Gasteiger partial charge is 0.333 e. The van der Waals surface area contributed by atoms with Crippen molar-refractivity contribution in [2.75, 3.05) is 4.81 Å². The molecule has 4 heterocycles. The molecule has 0 atom stereocenters. The monoisotopic (exact) mass is 752 g/mol. The second-order valence-corrected chi connectivity index (χ2v) is 20.5. The van der Waals surface area contributed by atoms with Gasteiger partial charge in [0.1, 0.15) is 0 Å². The zero-order valence-electron chi connectivity index (χ0n) is 34.0. The van der Waals surface area contributed by atoms with Crippen LogP contribution in [0.4, 0.5) is 11.4 Å². The van der Waals surface area contributed by atoms with E-state index in [4.69, 9.17) is 0 Å². The van der Waals surface area contributed by atoms with Gasteiger partial charge in [-0.2, -0.15) is 0 Å². The van der Waals surface area contributed by atoms with Crippen LogP contribution in [0.3, 0.4) is 0 Å². The fourth-order valence-corrected chi connectivity index (χ4v) is 11.8. The molecule has 12 rings (SSSR count). The van der Waals surface area contributed by atoms with Crippen LogP contribution in [0.2, 0.25) is 0 Å². The molecule has 0 fully saturated rings. The number of nitrogens with zero attached hydrogens (tertiary/aromatic N) is 2.